The van der Waals surface area contributed by atoms with Crippen LogP contribution in [0.2, 0.25) is 0 Å². The van der Waals surface area contributed by atoms with Gasteiger partial charge in [0.25, 0.3) is 0 Å². The maximum atomic E-state index is 11.5. The van der Waals surface area contributed by atoms with E-state index in [1.807, 2.05) is 4.90 Å². The summed E-state index contributed by atoms with van der Waals surface area (Å²) in [6, 6.07) is 6.45. The summed E-state index contributed by atoms with van der Waals surface area (Å²) in [6.45, 7) is 2.22. The molecule has 1 aliphatic carbocycles. The van der Waals surface area contributed by atoms with Crippen molar-refractivity contribution in [2.75, 3.05) is 19.7 Å². The number of nitrogens with zero attached hydrogens (tertiary/aromatic N) is 1. The van der Waals surface area contributed by atoms with Crippen LogP contribution in [0.1, 0.15) is 36.8 Å². The summed E-state index contributed by atoms with van der Waals surface area (Å²) in [4.78, 5) is 13.4. The van der Waals surface area contributed by atoms with Crippen LogP contribution in [0.3, 0.4) is 0 Å². The van der Waals surface area contributed by atoms with Gasteiger partial charge in [0.2, 0.25) is 5.91 Å². The largest absolute Gasteiger partial charge is 0.492 e. The molecule has 2 aliphatic rings. The summed E-state index contributed by atoms with van der Waals surface area (Å²) in [5.74, 6) is 1.22. The van der Waals surface area contributed by atoms with E-state index in [2.05, 4.69) is 18.2 Å². The molecule has 1 saturated heterocycles. The summed E-state index contributed by atoms with van der Waals surface area (Å²) in [5.41, 5.74) is 2.93. The number of carbonyl (C=O) groups is 1. The Hall–Kier alpha value is -1.51. The van der Waals surface area contributed by atoms with Crippen molar-refractivity contribution in [1.82, 2.24) is 4.90 Å². The van der Waals surface area contributed by atoms with Crippen molar-refractivity contribution in [2.24, 2.45) is 0 Å². The number of rotatable bonds is 4. The van der Waals surface area contributed by atoms with Crippen LogP contribution in [0.15, 0.2) is 18.2 Å². The molecular formula is C16H21NO2. The minimum atomic E-state index is 0.272. The average Bonchev–Trinajstić information content (AvgIpc) is 2.84. The molecule has 0 radical (unpaired) electrons. The van der Waals surface area contributed by atoms with Crippen LogP contribution in [0.4, 0.5) is 0 Å². The molecule has 102 valence electrons. The van der Waals surface area contributed by atoms with E-state index in [-0.39, 0.29) is 5.91 Å². The highest BCUT2D eigenvalue weighted by Gasteiger charge is 2.19. The number of hydrogen-bond acceptors (Lipinski definition) is 2. The van der Waals surface area contributed by atoms with Gasteiger partial charge in [-0.15, -0.1) is 0 Å². The minimum absolute atomic E-state index is 0.272. The van der Waals surface area contributed by atoms with E-state index >= 15 is 0 Å². The zero-order valence-electron chi connectivity index (χ0n) is 11.4. The Kier molecular flexibility index (Phi) is 3.72. The second kappa shape index (κ2) is 5.64. The Balaban J connectivity index is 1.53. The Morgan fingerprint density at radius 2 is 1.89 bits per heavy atom. The van der Waals surface area contributed by atoms with Gasteiger partial charge in [-0.1, -0.05) is 6.07 Å². The third-order valence-corrected chi connectivity index (χ3v) is 4.12. The smallest absolute Gasteiger partial charge is 0.222 e. The lowest BCUT2D eigenvalue weighted by atomic mass is 9.92. The fourth-order valence-electron chi connectivity index (χ4n) is 3.01. The first-order valence-electron chi connectivity index (χ1n) is 7.35. The molecule has 0 aromatic heterocycles. The molecule has 3 nitrogen and oxygen atoms in total. The number of likely N-dealkylation sites (tertiary alicyclic amines) is 1. The van der Waals surface area contributed by atoms with Crippen molar-refractivity contribution in [3.8, 4) is 5.75 Å². The Morgan fingerprint density at radius 3 is 2.68 bits per heavy atom. The third-order valence-electron chi connectivity index (χ3n) is 4.12. The number of hydrogen-bond donors (Lipinski definition) is 0. The van der Waals surface area contributed by atoms with E-state index < -0.39 is 0 Å². The average molecular weight is 259 g/mol. The lowest BCUT2D eigenvalue weighted by molar-refractivity contribution is -0.128. The van der Waals surface area contributed by atoms with Crippen molar-refractivity contribution in [3.63, 3.8) is 0 Å². The zero-order chi connectivity index (χ0) is 13.1. The summed E-state index contributed by atoms with van der Waals surface area (Å²) < 4.78 is 5.79. The number of benzene rings is 1. The zero-order valence-corrected chi connectivity index (χ0v) is 11.4. The van der Waals surface area contributed by atoms with E-state index in [0.29, 0.717) is 13.0 Å². The molecule has 0 atom stereocenters. The van der Waals surface area contributed by atoms with Crippen LogP contribution in [0.25, 0.3) is 0 Å². The van der Waals surface area contributed by atoms with Crippen LogP contribution in [0.5, 0.6) is 5.75 Å². The SMILES string of the molecule is O=C1CCCN1CCOc1ccc2c(c1)CCCC2. The maximum Gasteiger partial charge on any atom is 0.222 e. The molecule has 0 bridgehead atoms. The van der Waals surface area contributed by atoms with Gasteiger partial charge in [-0.25, -0.2) is 0 Å². The van der Waals surface area contributed by atoms with E-state index in [4.69, 9.17) is 4.74 Å². The molecule has 0 spiro atoms. The predicted octanol–water partition coefficient (Wildman–Crippen LogP) is 2.57. The van der Waals surface area contributed by atoms with Gasteiger partial charge in [0, 0.05) is 13.0 Å². The van der Waals surface area contributed by atoms with E-state index in [1.165, 1.54) is 36.8 Å². The molecule has 3 heteroatoms. The highest BCUT2D eigenvalue weighted by molar-refractivity contribution is 5.78. The van der Waals surface area contributed by atoms with Crippen LogP contribution in [-0.2, 0) is 17.6 Å². The maximum absolute atomic E-state index is 11.5. The fourth-order valence-corrected chi connectivity index (χ4v) is 3.01. The molecule has 3 rings (SSSR count). The standard InChI is InChI=1S/C16H21NO2/c18-16-6-3-9-17(16)10-11-19-15-8-7-13-4-1-2-5-14(13)12-15/h7-8,12H,1-6,9-11H2. The molecule has 1 aromatic carbocycles. The van der Waals surface area contributed by atoms with Gasteiger partial charge in [-0.2, -0.15) is 0 Å². The number of ether oxygens (including phenoxy) is 1. The summed E-state index contributed by atoms with van der Waals surface area (Å²) >= 11 is 0. The van der Waals surface area contributed by atoms with Crippen molar-refractivity contribution in [1.29, 1.82) is 0 Å². The van der Waals surface area contributed by atoms with Gasteiger partial charge >= 0.3 is 0 Å². The molecule has 1 aromatic rings. The number of fused-ring (bicyclic) bond motifs is 1. The summed E-state index contributed by atoms with van der Waals surface area (Å²) in [7, 11) is 0. The van der Waals surface area contributed by atoms with Gasteiger partial charge in [0.05, 0.1) is 6.54 Å². The lowest BCUT2D eigenvalue weighted by Crippen LogP contribution is -2.29. The summed E-state index contributed by atoms with van der Waals surface area (Å²) in [5, 5.41) is 0. The number of amides is 1. The third kappa shape index (κ3) is 2.91. The van der Waals surface area contributed by atoms with Crippen LogP contribution < -0.4 is 4.74 Å². The molecule has 0 unspecified atom stereocenters. The second-order valence-corrected chi connectivity index (χ2v) is 5.47. The van der Waals surface area contributed by atoms with Gasteiger partial charge < -0.3 is 9.64 Å². The van der Waals surface area contributed by atoms with Crippen LogP contribution in [0, 0.1) is 0 Å². The Morgan fingerprint density at radius 1 is 1.05 bits per heavy atom. The molecule has 0 saturated carbocycles. The van der Waals surface area contributed by atoms with Crippen LogP contribution in [-0.4, -0.2) is 30.5 Å². The predicted molar refractivity (Wildman–Crippen MR) is 74.4 cm³/mol. The van der Waals surface area contributed by atoms with Crippen molar-refractivity contribution >= 4 is 5.91 Å². The van der Waals surface area contributed by atoms with Crippen molar-refractivity contribution in [2.45, 2.75) is 38.5 Å². The van der Waals surface area contributed by atoms with E-state index in [9.17, 15) is 4.79 Å². The van der Waals surface area contributed by atoms with Crippen molar-refractivity contribution in [3.05, 3.63) is 29.3 Å². The normalized spacial score (nSPS) is 18.5. The summed E-state index contributed by atoms with van der Waals surface area (Å²) in [6.07, 6.45) is 6.69. The first-order chi connectivity index (χ1) is 9.33. The van der Waals surface area contributed by atoms with Gasteiger partial charge in [0.15, 0.2) is 0 Å². The minimum Gasteiger partial charge on any atom is -0.492 e. The highest BCUT2D eigenvalue weighted by atomic mass is 16.5. The van der Waals surface area contributed by atoms with Crippen molar-refractivity contribution < 1.29 is 9.53 Å². The molecule has 1 aliphatic heterocycles. The number of aryl methyl sites for hydroxylation is 2. The topological polar surface area (TPSA) is 29.5 Å². The van der Waals surface area contributed by atoms with E-state index in [1.54, 1.807) is 0 Å². The monoisotopic (exact) mass is 259 g/mol. The molecule has 1 amide bonds. The van der Waals surface area contributed by atoms with Gasteiger partial charge in [-0.3, -0.25) is 4.79 Å². The fraction of sp³-hybridized carbons (Fsp3) is 0.562. The Bertz CT molecular complexity index is 470. The molecule has 0 N–H and O–H groups in total. The molecular weight excluding hydrogens is 238 g/mol. The second-order valence-electron chi connectivity index (χ2n) is 5.47. The van der Waals surface area contributed by atoms with Gasteiger partial charge in [0.1, 0.15) is 12.4 Å². The Labute approximate surface area is 114 Å². The lowest BCUT2D eigenvalue weighted by Gasteiger charge is -2.18. The molecule has 1 fully saturated rings. The van der Waals surface area contributed by atoms with Crippen LogP contribution >= 0.6 is 0 Å². The quantitative estimate of drug-likeness (QED) is 0.831. The first kappa shape index (κ1) is 12.5. The van der Waals surface area contributed by atoms with E-state index in [0.717, 1.165) is 25.3 Å². The molecule has 1 heterocycles. The highest BCUT2D eigenvalue weighted by Crippen LogP contribution is 2.25. The number of carbonyl (C=O) groups excluding carboxylic acids is 1. The molecule has 19 heavy (non-hydrogen) atoms. The first-order valence-corrected chi connectivity index (χ1v) is 7.35. The van der Waals surface area contributed by atoms with Gasteiger partial charge in [-0.05, 0) is 55.4 Å².